The number of amides is 1. The quantitative estimate of drug-likeness (QED) is 0.617. The van der Waals surface area contributed by atoms with Crippen LogP contribution in [0, 0.1) is 0 Å². The molecular formula is C9H17NO. The van der Waals surface area contributed by atoms with Crippen LogP contribution in [0.15, 0.2) is 12.7 Å². The zero-order valence-corrected chi connectivity index (χ0v) is 7.61. The van der Waals surface area contributed by atoms with Gasteiger partial charge < -0.3 is 5.32 Å². The predicted octanol–water partition coefficient (Wildman–Crippen LogP) is 1.87. The van der Waals surface area contributed by atoms with Crippen LogP contribution in [0.3, 0.4) is 0 Å². The standard InChI is InChI=1S/C9H17NO/c1-5-7-8(11)10-9(3,4)6-2/h6H,2,5,7H2,1,3-4H3,(H,10,11). The molecule has 0 saturated carbocycles. The lowest BCUT2D eigenvalue weighted by atomic mass is 10.1. The van der Waals surface area contributed by atoms with E-state index in [0.717, 1.165) is 6.42 Å². The van der Waals surface area contributed by atoms with Gasteiger partial charge in [-0.1, -0.05) is 13.0 Å². The molecule has 0 spiro atoms. The van der Waals surface area contributed by atoms with Crippen molar-refractivity contribution in [3.63, 3.8) is 0 Å². The van der Waals surface area contributed by atoms with E-state index in [1.165, 1.54) is 0 Å². The van der Waals surface area contributed by atoms with Gasteiger partial charge in [0, 0.05) is 6.42 Å². The van der Waals surface area contributed by atoms with Gasteiger partial charge in [-0.05, 0) is 20.3 Å². The summed E-state index contributed by atoms with van der Waals surface area (Å²) in [5.74, 6) is 0.0948. The molecule has 0 aliphatic carbocycles. The van der Waals surface area contributed by atoms with E-state index in [2.05, 4.69) is 11.9 Å². The molecule has 64 valence electrons. The number of hydrogen-bond donors (Lipinski definition) is 1. The van der Waals surface area contributed by atoms with Gasteiger partial charge in [0.2, 0.25) is 5.91 Å². The van der Waals surface area contributed by atoms with Crippen molar-refractivity contribution in [3.05, 3.63) is 12.7 Å². The zero-order valence-electron chi connectivity index (χ0n) is 7.61. The molecule has 0 rings (SSSR count). The molecule has 0 radical (unpaired) electrons. The monoisotopic (exact) mass is 155 g/mol. The fourth-order valence-electron chi connectivity index (χ4n) is 0.700. The molecule has 0 unspecified atom stereocenters. The summed E-state index contributed by atoms with van der Waals surface area (Å²) in [7, 11) is 0. The first-order valence-corrected chi connectivity index (χ1v) is 3.96. The Morgan fingerprint density at radius 1 is 1.64 bits per heavy atom. The summed E-state index contributed by atoms with van der Waals surface area (Å²) in [6.45, 7) is 9.47. The molecule has 0 fully saturated rings. The van der Waals surface area contributed by atoms with Crippen LogP contribution in [0.2, 0.25) is 0 Å². The van der Waals surface area contributed by atoms with Crippen molar-refractivity contribution >= 4 is 5.91 Å². The second-order valence-corrected chi connectivity index (χ2v) is 3.22. The Balaban J connectivity index is 3.83. The number of carbonyl (C=O) groups is 1. The summed E-state index contributed by atoms with van der Waals surface area (Å²) >= 11 is 0. The highest BCUT2D eigenvalue weighted by Gasteiger charge is 2.14. The SMILES string of the molecule is C=CC(C)(C)NC(=O)CCC. The van der Waals surface area contributed by atoms with Crippen LogP contribution in [-0.2, 0) is 4.79 Å². The topological polar surface area (TPSA) is 29.1 Å². The van der Waals surface area contributed by atoms with Gasteiger partial charge in [-0.3, -0.25) is 4.79 Å². The minimum absolute atomic E-state index is 0.0948. The lowest BCUT2D eigenvalue weighted by Crippen LogP contribution is -2.41. The van der Waals surface area contributed by atoms with Crippen molar-refractivity contribution < 1.29 is 4.79 Å². The Morgan fingerprint density at radius 2 is 2.18 bits per heavy atom. The summed E-state index contributed by atoms with van der Waals surface area (Å²) in [5.41, 5.74) is -0.272. The van der Waals surface area contributed by atoms with Gasteiger partial charge in [0.25, 0.3) is 0 Å². The van der Waals surface area contributed by atoms with Gasteiger partial charge in [-0.2, -0.15) is 0 Å². The largest absolute Gasteiger partial charge is 0.348 e. The van der Waals surface area contributed by atoms with Crippen LogP contribution >= 0.6 is 0 Å². The Bertz CT molecular complexity index is 150. The molecule has 1 N–H and O–H groups in total. The molecule has 0 aromatic heterocycles. The third-order valence-electron chi connectivity index (χ3n) is 1.45. The first-order chi connectivity index (χ1) is 5.02. The molecule has 0 aromatic carbocycles. The minimum Gasteiger partial charge on any atom is -0.348 e. The first-order valence-electron chi connectivity index (χ1n) is 3.96. The first kappa shape index (κ1) is 10.2. The molecule has 0 aliphatic rings. The Kier molecular flexibility index (Phi) is 3.86. The summed E-state index contributed by atoms with van der Waals surface area (Å²) in [6.07, 6.45) is 3.22. The fourth-order valence-corrected chi connectivity index (χ4v) is 0.700. The number of nitrogens with one attached hydrogen (secondary N) is 1. The normalized spacial score (nSPS) is 10.8. The maximum absolute atomic E-state index is 11.1. The maximum Gasteiger partial charge on any atom is 0.220 e. The van der Waals surface area contributed by atoms with Crippen LogP contribution in [0.25, 0.3) is 0 Å². The van der Waals surface area contributed by atoms with E-state index < -0.39 is 0 Å². The molecule has 0 saturated heterocycles. The molecule has 1 amide bonds. The van der Waals surface area contributed by atoms with E-state index in [9.17, 15) is 4.79 Å². The van der Waals surface area contributed by atoms with Gasteiger partial charge in [-0.25, -0.2) is 0 Å². The third-order valence-corrected chi connectivity index (χ3v) is 1.45. The summed E-state index contributed by atoms with van der Waals surface area (Å²) in [5, 5.41) is 2.85. The summed E-state index contributed by atoms with van der Waals surface area (Å²) < 4.78 is 0. The van der Waals surface area contributed by atoms with Crippen molar-refractivity contribution in [2.24, 2.45) is 0 Å². The predicted molar refractivity (Wildman–Crippen MR) is 47.3 cm³/mol. The van der Waals surface area contributed by atoms with Crippen LogP contribution in [0.1, 0.15) is 33.6 Å². The number of rotatable bonds is 4. The average Bonchev–Trinajstić information content (AvgIpc) is 1.87. The van der Waals surface area contributed by atoms with E-state index in [-0.39, 0.29) is 11.4 Å². The van der Waals surface area contributed by atoms with Crippen molar-refractivity contribution in [2.45, 2.75) is 39.2 Å². The number of carbonyl (C=O) groups excluding carboxylic acids is 1. The lowest BCUT2D eigenvalue weighted by molar-refractivity contribution is -0.122. The molecule has 0 bridgehead atoms. The van der Waals surface area contributed by atoms with Crippen LogP contribution in [0.4, 0.5) is 0 Å². The highest BCUT2D eigenvalue weighted by Crippen LogP contribution is 2.02. The van der Waals surface area contributed by atoms with E-state index in [1.807, 2.05) is 20.8 Å². The van der Waals surface area contributed by atoms with Gasteiger partial charge >= 0.3 is 0 Å². The molecule has 2 nitrogen and oxygen atoms in total. The van der Waals surface area contributed by atoms with Crippen LogP contribution in [-0.4, -0.2) is 11.4 Å². The smallest absolute Gasteiger partial charge is 0.220 e. The third kappa shape index (κ3) is 4.59. The minimum atomic E-state index is -0.272. The molecule has 0 aliphatic heterocycles. The Labute approximate surface area is 68.7 Å². The van der Waals surface area contributed by atoms with Gasteiger partial charge in [-0.15, -0.1) is 6.58 Å². The maximum atomic E-state index is 11.1. The second kappa shape index (κ2) is 4.16. The fraction of sp³-hybridized carbons (Fsp3) is 0.667. The van der Waals surface area contributed by atoms with Crippen molar-refractivity contribution in [1.29, 1.82) is 0 Å². The van der Waals surface area contributed by atoms with Crippen LogP contribution < -0.4 is 5.32 Å². The highest BCUT2D eigenvalue weighted by molar-refractivity contribution is 5.76. The van der Waals surface area contributed by atoms with E-state index in [0.29, 0.717) is 6.42 Å². The average molecular weight is 155 g/mol. The molecule has 2 heteroatoms. The highest BCUT2D eigenvalue weighted by atomic mass is 16.1. The van der Waals surface area contributed by atoms with E-state index >= 15 is 0 Å². The molecule has 0 aromatic rings. The lowest BCUT2D eigenvalue weighted by Gasteiger charge is -2.21. The molecule has 11 heavy (non-hydrogen) atoms. The van der Waals surface area contributed by atoms with Crippen molar-refractivity contribution in [2.75, 3.05) is 0 Å². The number of hydrogen-bond acceptors (Lipinski definition) is 1. The van der Waals surface area contributed by atoms with E-state index in [1.54, 1.807) is 6.08 Å². The van der Waals surface area contributed by atoms with Gasteiger partial charge in [0.15, 0.2) is 0 Å². The van der Waals surface area contributed by atoms with Crippen molar-refractivity contribution in [1.82, 2.24) is 5.32 Å². The summed E-state index contributed by atoms with van der Waals surface area (Å²) in [6, 6.07) is 0. The Morgan fingerprint density at radius 3 is 2.55 bits per heavy atom. The van der Waals surface area contributed by atoms with E-state index in [4.69, 9.17) is 0 Å². The molecule has 0 atom stereocenters. The second-order valence-electron chi connectivity index (χ2n) is 3.22. The molecule has 0 heterocycles. The molecular weight excluding hydrogens is 138 g/mol. The van der Waals surface area contributed by atoms with Crippen molar-refractivity contribution in [3.8, 4) is 0 Å². The van der Waals surface area contributed by atoms with Crippen LogP contribution in [0.5, 0.6) is 0 Å². The van der Waals surface area contributed by atoms with Gasteiger partial charge in [0.1, 0.15) is 0 Å². The zero-order chi connectivity index (χ0) is 8.91. The summed E-state index contributed by atoms with van der Waals surface area (Å²) in [4.78, 5) is 11.1. The van der Waals surface area contributed by atoms with Gasteiger partial charge in [0.05, 0.1) is 5.54 Å². The Hall–Kier alpha value is -0.790.